The molecule has 1 aliphatic rings. The fourth-order valence-corrected chi connectivity index (χ4v) is 4.55. The lowest BCUT2D eigenvalue weighted by atomic mass is 10.1. The molecule has 0 spiro atoms. The van der Waals surface area contributed by atoms with Gasteiger partial charge in [0.1, 0.15) is 5.82 Å². The zero-order valence-electron chi connectivity index (χ0n) is 19.4. The number of aromatic nitrogens is 2. The summed E-state index contributed by atoms with van der Waals surface area (Å²) in [6.45, 7) is 4.73. The van der Waals surface area contributed by atoms with Crippen LogP contribution in [0.2, 0.25) is 0 Å². The van der Waals surface area contributed by atoms with E-state index in [1.807, 2.05) is 41.3 Å². The van der Waals surface area contributed by atoms with E-state index in [0.29, 0.717) is 32.6 Å². The molecule has 1 aliphatic heterocycles. The summed E-state index contributed by atoms with van der Waals surface area (Å²) in [6, 6.07) is 26.7. The monoisotopic (exact) mass is 452 g/mol. The van der Waals surface area contributed by atoms with Crippen molar-refractivity contribution in [3.8, 4) is 11.4 Å². The van der Waals surface area contributed by atoms with Gasteiger partial charge in [0.15, 0.2) is 0 Å². The number of carbonyl (C=O) groups excluding carboxylic acids is 2. The van der Waals surface area contributed by atoms with Gasteiger partial charge in [-0.25, -0.2) is 4.98 Å². The molecule has 0 saturated carbocycles. The van der Waals surface area contributed by atoms with Gasteiger partial charge in [-0.3, -0.25) is 9.59 Å². The third-order valence-corrected chi connectivity index (χ3v) is 6.48. The number of amides is 2. The van der Waals surface area contributed by atoms with Crippen LogP contribution < -0.4 is 0 Å². The molecular formula is C28H28N4O2. The molecule has 1 saturated heterocycles. The van der Waals surface area contributed by atoms with E-state index in [1.165, 1.54) is 5.56 Å². The van der Waals surface area contributed by atoms with Crippen LogP contribution in [0, 0.1) is 0 Å². The Morgan fingerprint density at radius 2 is 1.41 bits per heavy atom. The third kappa shape index (κ3) is 4.57. The summed E-state index contributed by atoms with van der Waals surface area (Å²) in [7, 11) is 0. The summed E-state index contributed by atoms with van der Waals surface area (Å²) in [4.78, 5) is 32.9. The van der Waals surface area contributed by atoms with E-state index in [1.54, 1.807) is 11.8 Å². The number of imidazole rings is 1. The number of fused-ring (bicyclic) bond motifs is 1. The van der Waals surface area contributed by atoms with Crippen molar-refractivity contribution in [3.05, 3.63) is 90.0 Å². The Morgan fingerprint density at radius 3 is 2.12 bits per heavy atom. The number of para-hydroxylation sites is 2. The topological polar surface area (TPSA) is 58.4 Å². The number of nitrogens with zero attached hydrogens (tertiary/aromatic N) is 4. The first-order chi connectivity index (χ1) is 16.6. The van der Waals surface area contributed by atoms with Gasteiger partial charge in [0.05, 0.1) is 17.5 Å². The molecule has 1 aromatic heterocycles. The molecule has 0 unspecified atom stereocenters. The van der Waals surface area contributed by atoms with Gasteiger partial charge in [-0.1, -0.05) is 66.7 Å². The second kappa shape index (κ2) is 9.51. The molecular weight excluding hydrogens is 424 g/mol. The smallest absolute Gasteiger partial charge is 0.227 e. The first-order valence-electron chi connectivity index (χ1n) is 11.7. The van der Waals surface area contributed by atoms with Crippen LogP contribution in [-0.2, 0) is 22.6 Å². The summed E-state index contributed by atoms with van der Waals surface area (Å²) >= 11 is 0. The molecule has 6 heteroatoms. The van der Waals surface area contributed by atoms with Crippen molar-refractivity contribution < 1.29 is 9.59 Å². The van der Waals surface area contributed by atoms with Crippen LogP contribution in [-0.4, -0.2) is 57.3 Å². The summed E-state index contributed by atoms with van der Waals surface area (Å²) in [5, 5.41) is 0. The van der Waals surface area contributed by atoms with E-state index in [4.69, 9.17) is 4.98 Å². The van der Waals surface area contributed by atoms with E-state index in [-0.39, 0.29) is 11.8 Å². The molecule has 0 N–H and O–H groups in total. The first kappa shape index (κ1) is 21.9. The Kier molecular flexibility index (Phi) is 6.12. The molecule has 4 aromatic rings. The van der Waals surface area contributed by atoms with Crippen molar-refractivity contribution >= 4 is 22.8 Å². The standard InChI is InChI=1S/C28H28N4O2/c1-21(33)30-15-17-31(18-16-30)27(34)19-22-11-13-24(14-12-22)28-29-25-9-5-6-10-26(25)32(28)20-23-7-3-2-4-8-23/h2-14H,15-20H2,1H3. The molecule has 0 radical (unpaired) electrons. The van der Waals surface area contributed by atoms with Crippen molar-refractivity contribution in [1.82, 2.24) is 19.4 Å². The molecule has 2 amide bonds. The molecule has 34 heavy (non-hydrogen) atoms. The van der Waals surface area contributed by atoms with Gasteiger partial charge in [0, 0.05) is 45.2 Å². The Labute approximate surface area is 199 Å². The zero-order chi connectivity index (χ0) is 23.5. The van der Waals surface area contributed by atoms with Crippen molar-refractivity contribution in [3.63, 3.8) is 0 Å². The highest BCUT2D eigenvalue weighted by atomic mass is 16.2. The fraction of sp³-hybridized carbons (Fsp3) is 0.250. The lowest BCUT2D eigenvalue weighted by molar-refractivity contribution is -0.138. The maximum Gasteiger partial charge on any atom is 0.227 e. The average molecular weight is 453 g/mol. The number of rotatable bonds is 5. The van der Waals surface area contributed by atoms with Crippen LogP contribution >= 0.6 is 0 Å². The van der Waals surface area contributed by atoms with Crippen LogP contribution in [0.4, 0.5) is 0 Å². The fourth-order valence-electron chi connectivity index (χ4n) is 4.55. The maximum atomic E-state index is 12.8. The van der Waals surface area contributed by atoms with Crippen LogP contribution in [0.15, 0.2) is 78.9 Å². The molecule has 5 rings (SSSR count). The van der Waals surface area contributed by atoms with E-state index in [2.05, 4.69) is 47.0 Å². The minimum absolute atomic E-state index is 0.0703. The lowest BCUT2D eigenvalue weighted by Crippen LogP contribution is -2.50. The number of hydrogen-bond acceptors (Lipinski definition) is 3. The predicted octanol–water partition coefficient (Wildman–Crippen LogP) is 3.98. The highest BCUT2D eigenvalue weighted by Gasteiger charge is 2.22. The number of hydrogen-bond donors (Lipinski definition) is 0. The lowest BCUT2D eigenvalue weighted by Gasteiger charge is -2.34. The number of piperazine rings is 1. The van der Waals surface area contributed by atoms with Gasteiger partial charge in [0.25, 0.3) is 0 Å². The quantitative estimate of drug-likeness (QED) is 0.460. The summed E-state index contributed by atoms with van der Waals surface area (Å²) in [6.07, 6.45) is 0.362. The summed E-state index contributed by atoms with van der Waals surface area (Å²) in [5.41, 5.74) is 5.30. The average Bonchev–Trinajstić information content (AvgIpc) is 3.23. The predicted molar refractivity (Wildman–Crippen MR) is 133 cm³/mol. The highest BCUT2D eigenvalue weighted by molar-refractivity contribution is 5.82. The largest absolute Gasteiger partial charge is 0.339 e. The third-order valence-electron chi connectivity index (χ3n) is 6.48. The van der Waals surface area contributed by atoms with E-state index in [9.17, 15) is 9.59 Å². The second-order valence-electron chi connectivity index (χ2n) is 8.76. The molecule has 1 fully saturated rings. The molecule has 2 heterocycles. The van der Waals surface area contributed by atoms with Crippen LogP contribution in [0.3, 0.4) is 0 Å². The summed E-state index contributed by atoms with van der Waals surface area (Å²) < 4.78 is 2.25. The van der Waals surface area contributed by atoms with Crippen LogP contribution in [0.1, 0.15) is 18.1 Å². The van der Waals surface area contributed by atoms with E-state index < -0.39 is 0 Å². The second-order valence-corrected chi connectivity index (χ2v) is 8.76. The van der Waals surface area contributed by atoms with Gasteiger partial charge >= 0.3 is 0 Å². The van der Waals surface area contributed by atoms with Gasteiger partial charge in [-0.2, -0.15) is 0 Å². The van der Waals surface area contributed by atoms with Crippen molar-refractivity contribution in [1.29, 1.82) is 0 Å². The Bertz CT molecular complexity index is 1300. The first-order valence-corrected chi connectivity index (χ1v) is 11.7. The summed E-state index contributed by atoms with van der Waals surface area (Å²) in [5.74, 6) is 1.09. The Hall–Kier alpha value is -3.93. The molecule has 0 bridgehead atoms. The molecule has 172 valence electrons. The van der Waals surface area contributed by atoms with Crippen molar-refractivity contribution in [2.24, 2.45) is 0 Å². The van der Waals surface area contributed by atoms with Crippen molar-refractivity contribution in [2.45, 2.75) is 19.9 Å². The highest BCUT2D eigenvalue weighted by Crippen LogP contribution is 2.26. The molecule has 0 atom stereocenters. The SMILES string of the molecule is CC(=O)N1CCN(C(=O)Cc2ccc(-c3nc4ccccc4n3Cc3ccccc3)cc2)CC1. The van der Waals surface area contributed by atoms with Gasteiger partial charge in [0.2, 0.25) is 11.8 Å². The Morgan fingerprint density at radius 1 is 0.765 bits per heavy atom. The van der Waals surface area contributed by atoms with Gasteiger partial charge < -0.3 is 14.4 Å². The molecule has 3 aromatic carbocycles. The van der Waals surface area contributed by atoms with E-state index >= 15 is 0 Å². The van der Waals surface area contributed by atoms with Crippen molar-refractivity contribution in [2.75, 3.05) is 26.2 Å². The minimum atomic E-state index is 0.0703. The number of benzene rings is 3. The molecule has 6 nitrogen and oxygen atoms in total. The van der Waals surface area contributed by atoms with Crippen LogP contribution in [0.5, 0.6) is 0 Å². The molecule has 0 aliphatic carbocycles. The number of carbonyl (C=O) groups is 2. The zero-order valence-corrected chi connectivity index (χ0v) is 19.4. The van der Waals surface area contributed by atoms with Gasteiger partial charge in [-0.15, -0.1) is 0 Å². The van der Waals surface area contributed by atoms with Crippen LogP contribution in [0.25, 0.3) is 22.4 Å². The normalized spacial score (nSPS) is 13.9. The van der Waals surface area contributed by atoms with E-state index in [0.717, 1.165) is 34.5 Å². The minimum Gasteiger partial charge on any atom is -0.339 e. The Balaban J connectivity index is 1.34. The van der Waals surface area contributed by atoms with Gasteiger partial charge in [-0.05, 0) is 23.3 Å². The maximum absolute atomic E-state index is 12.8.